The molecule has 2 heteroatoms. The fourth-order valence-electron chi connectivity index (χ4n) is 4.21. The van der Waals surface area contributed by atoms with E-state index >= 15 is 0 Å². The molecule has 1 atom stereocenters. The van der Waals surface area contributed by atoms with E-state index in [0.29, 0.717) is 0 Å². The minimum atomic E-state index is -1.18. The summed E-state index contributed by atoms with van der Waals surface area (Å²) in [5.41, 5.74) is 6.03. The van der Waals surface area contributed by atoms with Crippen LogP contribution in [0.3, 0.4) is 0 Å². The molecule has 0 saturated carbocycles. The van der Waals surface area contributed by atoms with Crippen LogP contribution >= 0.6 is 15.9 Å². The van der Waals surface area contributed by atoms with Gasteiger partial charge in [-0.05, 0) is 28.3 Å². The molecule has 27 heavy (non-hydrogen) atoms. The Hall–Kier alpha value is -2.68. The van der Waals surface area contributed by atoms with Crippen molar-refractivity contribution in [2.24, 2.45) is 0 Å². The molecule has 0 bridgehead atoms. The molecule has 4 aromatic carbocycles. The summed E-state index contributed by atoms with van der Waals surface area (Å²) in [6, 6.07) is 32.7. The molecule has 0 heterocycles. The monoisotopic (exact) mass is 412 g/mol. The third kappa shape index (κ3) is 2.34. The highest BCUT2D eigenvalue weighted by atomic mass is 79.9. The van der Waals surface area contributed by atoms with Crippen LogP contribution in [0, 0.1) is 0 Å². The first kappa shape index (κ1) is 16.5. The van der Waals surface area contributed by atoms with Crippen LogP contribution in [0.4, 0.5) is 0 Å². The van der Waals surface area contributed by atoms with E-state index in [1.807, 2.05) is 60.7 Å². The van der Waals surface area contributed by atoms with Gasteiger partial charge in [0.1, 0.15) is 5.60 Å². The Kier molecular flexibility index (Phi) is 3.78. The lowest BCUT2D eigenvalue weighted by molar-refractivity contribution is 0.130. The van der Waals surface area contributed by atoms with Crippen molar-refractivity contribution in [3.63, 3.8) is 0 Å². The predicted octanol–water partition coefficient (Wildman–Crippen LogP) is 6.38. The lowest BCUT2D eigenvalue weighted by Gasteiger charge is -2.27. The van der Waals surface area contributed by atoms with E-state index in [9.17, 15) is 5.11 Å². The summed E-state index contributed by atoms with van der Waals surface area (Å²) in [7, 11) is 0. The van der Waals surface area contributed by atoms with Crippen LogP contribution in [0.15, 0.2) is 102 Å². The maximum atomic E-state index is 12.1. The van der Waals surface area contributed by atoms with Crippen molar-refractivity contribution < 1.29 is 5.11 Å². The Morgan fingerprint density at radius 3 is 1.93 bits per heavy atom. The van der Waals surface area contributed by atoms with Gasteiger partial charge in [-0.1, -0.05) is 107 Å². The van der Waals surface area contributed by atoms with Gasteiger partial charge in [-0.3, -0.25) is 0 Å². The Morgan fingerprint density at radius 1 is 0.556 bits per heavy atom. The zero-order valence-corrected chi connectivity index (χ0v) is 16.1. The molecular formula is C25H17BrO. The van der Waals surface area contributed by atoms with Gasteiger partial charge in [-0.25, -0.2) is 0 Å². The van der Waals surface area contributed by atoms with Gasteiger partial charge in [0.05, 0.1) is 0 Å². The normalized spacial score (nSPS) is 17.4. The maximum absolute atomic E-state index is 12.1. The predicted molar refractivity (Wildman–Crippen MR) is 114 cm³/mol. The zero-order valence-electron chi connectivity index (χ0n) is 14.6. The SMILES string of the molecule is OC1(c2ccccc2Br)c2ccccc2-c2c(-c3ccccc3)cccc21. The first-order chi connectivity index (χ1) is 13.2. The summed E-state index contributed by atoms with van der Waals surface area (Å²) in [5.74, 6) is 0. The highest BCUT2D eigenvalue weighted by Crippen LogP contribution is 2.54. The highest BCUT2D eigenvalue weighted by Gasteiger charge is 2.44. The van der Waals surface area contributed by atoms with Crippen molar-refractivity contribution in [1.29, 1.82) is 0 Å². The van der Waals surface area contributed by atoms with Crippen molar-refractivity contribution in [2.45, 2.75) is 5.60 Å². The van der Waals surface area contributed by atoms with Crippen molar-refractivity contribution >= 4 is 15.9 Å². The summed E-state index contributed by atoms with van der Waals surface area (Å²) in [6.45, 7) is 0. The lowest BCUT2D eigenvalue weighted by Crippen LogP contribution is -2.26. The molecule has 0 saturated heterocycles. The molecule has 0 fully saturated rings. The average molecular weight is 413 g/mol. The summed E-state index contributed by atoms with van der Waals surface area (Å²) in [6.07, 6.45) is 0. The largest absolute Gasteiger partial charge is 0.376 e. The van der Waals surface area contributed by atoms with Crippen LogP contribution in [0.5, 0.6) is 0 Å². The van der Waals surface area contributed by atoms with E-state index in [1.54, 1.807) is 0 Å². The lowest BCUT2D eigenvalue weighted by atomic mass is 9.84. The number of aliphatic hydroxyl groups is 1. The van der Waals surface area contributed by atoms with E-state index in [2.05, 4.69) is 52.3 Å². The second-order valence-corrected chi connectivity index (χ2v) is 7.68. The van der Waals surface area contributed by atoms with Gasteiger partial charge in [0, 0.05) is 21.2 Å². The number of hydrogen-bond donors (Lipinski definition) is 1. The molecule has 0 radical (unpaired) electrons. The summed E-state index contributed by atoms with van der Waals surface area (Å²) >= 11 is 3.65. The van der Waals surface area contributed by atoms with Gasteiger partial charge in [0.15, 0.2) is 0 Å². The van der Waals surface area contributed by atoms with Crippen LogP contribution in [0.25, 0.3) is 22.3 Å². The van der Waals surface area contributed by atoms with E-state index in [4.69, 9.17) is 0 Å². The quantitative estimate of drug-likeness (QED) is 0.404. The summed E-state index contributed by atoms with van der Waals surface area (Å²) < 4.78 is 0.903. The van der Waals surface area contributed by atoms with Gasteiger partial charge >= 0.3 is 0 Å². The molecule has 0 spiro atoms. The fourth-order valence-corrected chi connectivity index (χ4v) is 4.78. The molecule has 0 amide bonds. The minimum absolute atomic E-state index is 0.862. The molecule has 1 aliphatic carbocycles. The Balaban J connectivity index is 1.89. The number of hydrogen-bond acceptors (Lipinski definition) is 1. The second-order valence-electron chi connectivity index (χ2n) is 6.83. The standard InChI is InChI=1S/C25H17BrO/c26-23-16-7-6-14-21(23)25(27)20-13-5-4-11-19(20)24-18(12-8-15-22(24)25)17-9-2-1-3-10-17/h1-16,27H. The topological polar surface area (TPSA) is 20.2 Å². The van der Waals surface area contributed by atoms with Gasteiger partial charge < -0.3 is 5.11 Å². The molecule has 1 unspecified atom stereocenters. The Labute approximate surface area is 167 Å². The number of halogens is 1. The molecule has 1 nitrogen and oxygen atoms in total. The van der Waals surface area contributed by atoms with Gasteiger partial charge in [0.25, 0.3) is 0 Å². The first-order valence-corrected chi connectivity index (χ1v) is 9.76. The fraction of sp³-hybridized carbons (Fsp3) is 0.0400. The first-order valence-electron chi connectivity index (χ1n) is 8.97. The number of benzene rings is 4. The van der Waals surface area contributed by atoms with E-state index < -0.39 is 5.60 Å². The molecule has 4 aromatic rings. The summed E-state index contributed by atoms with van der Waals surface area (Å²) in [5, 5.41) is 12.1. The third-order valence-electron chi connectivity index (χ3n) is 5.39. The number of rotatable bonds is 2. The molecule has 0 aromatic heterocycles. The van der Waals surface area contributed by atoms with E-state index in [-0.39, 0.29) is 0 Å². The molecule has 5 rings (SSSR count). The highest BCUT2D eigenvalue weighted by molar-refractivity contribution is 9.10. The van der Waals surface area contributed by atoms with Crippen LogP contribution in [0.2, 0.25) is 0 Å². The van der Waals surface area contributed by atoms with Gasteiger partial charge in [0.2, 0.25) is 0 Å². The van der Waals surface area contributed by atoms with Crippen molar-refractivity contribution in [2.75, 3.05) is 0 Å². The van der Waals surface area contributed by atoms with Crippen molar-refractivity contribution in [3.05, 3.63) is 118 Å². The van der Waals surface area contributed by atoms with Crippen LogP contribution in [0.1, 0.15) is 16.7 Å². The number of fused-ring (bicyclic) bond motifs is 3. The maximum Gasteiger partial charge on any atom is 0.142 e. The minimum Gasteiger partial charge on any atom is -0.376 e. The van der Waals surface area contributed by atoms with E-state index in [0.717, 1.165) is 43.4 Å². The van der Waals surface area contributed by atoms with Gasteiger partial charge in [-0.15, -0.1) is 0 Å². The van der Waals surface area contributed by atoms with Crippen molar-refractivity contribution in [1.82, 2.24) is 0 Å². The molecule has 130 valence electrons. The van der Waals surface area contributed by atoms with Gasteiger partial charge in [-0.2, -0.15) is 0 Å². The van der Waals surface area contributed by atoms with Crippen LogP contribution in [-0.4, -0.2) is 5.11 Å². The van der Waals surface area contributed by atoms with Crippen molar-refractivity contribution in [3.8, 4) is 22.3 Å². The third-order valence-corrected chi connectivity index (χ3v) is 6.08. The second kappa shape index (κ2) is 6.19. The Morgan fingerprint density at radius 2 is 1.15 bits per heavy atom. The van der Waals surface area contributed by atoms with Crippen LogP contribution < -0.4 is 0 Å². The molecule has 1 aliphatic rings. The molecule has 0 aliphatic heterocycles. The van der Waals surface area contributed by atoms with E-state index in [1.165, 1.54) is 0 Å². The van der Waals surface area contributed by atoms with Crippen LogP contribution in [-0.2, 0) is 5.60 Å². The molecular weight excluding hydrogens is 396 g/mol. The smallest absolute Gasteiger partial charge is 0.142 e. The summed E-state index contributed by atoms with van der Waals surface area (Å²) in [4.78, 5) is 0. The average Bonchev–Trinajstić information content (AvgIpc) is 2.99. The zero-order chi connectivity index (χ0) is 18.4. The Bertz CT molecular complexity index is 1150. The molecule has 1 N–H and O–H groups in total.